The molecule has 0 amide bonds. The van der Waals surface area contributed by atoms with Gasteiger partial charge in [0, 0.05) is 21.7 Å². The highest BCUT2D eigenvalue weighted by Gasteiger charge is 2.10. The number of nitrogens with one attached hydrogen (secondary N) is 1. The normalized spacial score (nSPS) is 10.9. The molecule has 0 saturated heterocycles. The van der Waals surface area contributed by atoms with Gasteiger partial charge in [-0.1, -0.05) is 54.1 Å². The molecule has 0 fully saturated rings. The van der Waals surface area contributed by atoms with Crippen molar-refractivity contribution >= 4 is 27.2 Å². The quantitative estimate of drug-likeness (QED) is 0.579. The lowest BCUT2D eigenvalue weighted by Gasteiger charge is -1.97. The van der Waals surface area contributed by atoms with E-state index in [1.165, 1.54) is 16.9 Å². The van der Waals surface area contributed by atoms with Crippen LogP contribution in [0.3, 0.4) is 0 Å². The Morgan fingerprint density at radius 2 is 1.60 bits per heavy atom. The molecular weight excluding hydrogens is 334 g/mol. The SMILES string of the molecule is Cc1ccc(-c2csc(NN=c3c(=O)c4ccccc4c3=O)n2)cc1. The number of anilines is 1. The zero-order valence-corrected chi connectivity index (χ0v) is 14.1. The van der Waals surface area contributed by atoms with Crippen LogP contribution in [0.2, 0.25) is 0 Å². The van der Waals surface area contributed by atoms with Crippen molar-refractivity contribution in [3.05, 3.63) is 85.3 Å². The fourth-order valence-corrected chi connectivity index (χ4v) is 3.29. The molecule has 0 bridgehead atoms. The molecule has 5 nitrogen and oxygen atoms in total. The summed E-state index contributed by atoms with van der Waals surface area (Å²) in [5.74, 6) is 0. The third-order valence-corrected chi connectivity index (χ3v) is 4.71. The van der Waals surface area contributed by atoms with Crippen molar-refractivity contribution in [1.82, 2.24) is 4.98 Å². The van der Waals surface area contributed by atoms with Gasteiger partial charge >= 0.3 is 0 Å². The topological polar surface area (TPSA) is 71.4 Å². The minimum Gasteiger partial charge on any atom is -0.287 e. The van der Waals surface area contributed by atoms with Crippen LogP contribution in [0.1, 0.15) is 5.56 Å². The minimum absolute atomic E-state index is 0.103. The number of thiazole rings is 1. The molecule has 1 N–H and O–H groups in total. The molecule has 0 unspecified atom stereocenters. The van der Waals surface area contributed by atoms with E-state index in [4.69, 9.17) is 0 Å². The molecule has 0 aliphatic rings. The van der Waals surface area contributed by atoms with Crippen molar-refractivity contribution in [1.29, 1.82) is 0 Å². The summed E-state index contributed by atoms with van der Waals surface area (Å²) in [6.07, 6.45) is 0. The van der Waals surface area contributed by atoms with Crippen molar-refractivity contribution in [2.75, 3.05) is 5.43 Å². The van der Waals surface area contributed by atoms with E-state index in [0.29, 0.717) is 15.9 Å². The van der Waals surface area contributed by atoms with Gasteiger partial charge in [-0.05, 0) is 6.92 Å². The second-order valence-electron chi connectivity index (χ2n) is 5.68. The molecule has 25 heavy (non-hydrogen) atoms. The maximum Gasteiger partial charge on any atom is 0.217 e. The maximum atomic E-state index is 12.3. The molecule has 6 heteroatoms. The number of nitrogens with zero attached hydrogens (tertiary/aromatic N) is 2. The highest BCUT2D eigenvalue weighted by atomic mass is 32.1. The predicted molar refractivity (Wildman–Crippen MR) is 100 cm³/mol. The summed E-state index contributed by atoms with van der Waals surface area (Å²) in [6, 6.07) is 14.8. The third-order valence-electron chi connectivity index (χ3n) is 3.96. The Hall–Kier alpha value is -3.12. The van der Waals surface area contributed by atoms with Crippen molar-refractivity contribution in [2.24, 2.45) is 5.10 Å². The average Bonchev–Trinajstić information content (AvgIpc) is 3.19. The Morgan fingerprint density at radius 1 is 0.960 bits per heavy atom. The molecule has 3 aromatic carbocycles. The monoisotopic (exact) mass is 347 g/mol. The molecule has 122 valence electrons. The molecule has 0 atom stereocenters. The van der Waals surface area contributed by atoms with Gasteiger partial charge in [0.05, 0.1) is 5.69 Å². The number of aromatic nitrogens is 1. The average molecular weight is 347 g/mol. The Labute approximate surface area is 146 Å². The zero-order valence-electron chi connectivity index (χ0n) is 13.3. The summed E-state index contributed by atoms with van der Waals surface area (Å²) in [5, 5.41) is 7.13. The molecule has 0 saturated carbocycles. The van der Waals surface area contributed by atoms with E-state index >= 15 is 0 Å². The number of hydrogen-bond donors (Lipinski definition) is 1. The third kappa shape index (κ3) is 2.77. The van der Waals surface area contributed by atoms with E-state index in [9.17, 15) is 9.59 Å². The number of rotatable bonds is 3. The second kappa shape index (κ2) is 6.07. The van der Waals surface area contributed by atoms with Crippen LogP contribution in [-0.2, 0) is 0 Å². The summed E-state index contributed by atoms with van der Waals surface area (Å²) in [6.45, 7) is 2.03. The van der Waals surface area contributed by atoms with Gasteiger partial charge in [0.2, 0.25) is 16.0 Å². The van der Waals surface area contributed by atoms with Crippen LogP contribution in [-0.4, -0.2) is 4.98 Å². The van der Waals surface area contributed by atoms with Crippen LogP contribution >= 0.6 is 11.3 Å². The first-order valence-electron chi connectivity index (χ1n) is 7.68. The van der Waals surface area contributed by atoms with Crippen LogP contribution in [0.4, 0.5) is 5.13 Å². The van der Waals surface area contributed by atoms with Gasteiger partial charge in [-0.2, -0.15) is 5.10 Å². The van der Waals surface area contributed by atoms with Gasteiger partial charge in [-0.25, -0.2) is 4.98 Å². The first kappa shape index (κ1) is 15.4. The fraction of sp³-hybridized carbons (Fsp3) is 0.0526. The van der Waals surface area contributed by atoms with Crippen LogP contribution < -0.4 is 21.6 Å². The molecule has 0 radical (unpaired) electrons. The Morgan fingerprint density at radius 3 is 2.24 bits per heavy atom. The highest BCUT2D eigenvalue weighted by Crippen LogP contribution is 2.24. The van der Waals surface area contributed by atoms with Crippen molar-refractivity contribution < 1.29 is 0 Å². The molecule has 1 heterocycles. The zero-order chi connectivity index (χ0) is 17.4. The van der Waals surface area contributed by atoms with E-state index in [1.807, 2.05) is 36.6 Å². The van der Waals surface area contributed by atoms with Gasteiger partial charge < -0.3 is 0 Å². The lowest BCUT2D eigenvalue weighted by atomic mass is 10.1. The van der Waals surface area contributed by atoms with Gasteiger partial charge in [0.25, 0.3) is 0 Å². The van der Waals surface area contributed by atoms with Crippen LogP contribution in [0, 0.1) is 6.92 Å². The number of fused-ring (bicyclic) bond motifs is 1. The Kier molecular flexibility index (Phi) is 3.74. The predicted octanol–water partition coefficient (Wildman–Crippen LogP) is 2.80. The first-order valence-corrected chi connectivity index (χ1v) is 8.56. The largest absolute Gasteiger partial charge is 0.287 e. The minimum atomic E-state index is -0.358. The lowest BCUT2D eigenvalue weighted by Crippen LogP contribution is -2.32. The summed E-state index contributed by atoms with van der Waals surface area (Å²) in [4.78, 5) is 29.0. The van der Waals surface area contributed by atoms with Crippen LogP contribution in [0.15, 0.2) is 68.6 Å². The molecule has 0 aliphatic carbocycles. The molecule has 4 rings (SSSR count). The van der Waals surface area contributed by atoms with Crippen LogP contribution in [0.25, 0.3) is 22.0 Å². The van der Waals surface area contributed by atoms with Crippen LogP contribution in [0.5, 0.6) is 0 Å². The summed E-state index contributed by atoms with van der Waals surface area (Å²) in [7, 11) is 0. The lowest BCUT2D eigenvalue weighted by molar-refractivity contribution is 1.18. The number of benzene rings is 2. The van der Waals surface area contributed by atoms with Gasteiger partial charge in [-0.3, -0.25) is 15.0 Å². The second-order valence-corrected chi connectivity index (χ2v) is 6.54. The molecular formula is C19H13N3O2S. The summed E-state index contributed by atoms with van der Waals surface area (Å²) >= 11 is 1.37. The van der Waals surface area contributed by atoms with Crippen molar-refractivity contribution in [3.8, 4) is 11.3 Å². The summed E-state index contributed by atoms with van der Waals surface area (Å²) in [5.41, 5.74) is 5.03. The molecule has 0 spiro atoms. The number of hydrogen-bond acceptors (Lipinski definition) is 6. The highest BCUT2D eigenvalue weighted by molar-refractivity contribution is 7.14. The van der Waals surface area contributed by atoms with E-state index < -0.39 is 0 Å². The van der Waals surface area contributed by atoms with Gasteiger partial charge in [0.1, 0.15) is 0 Å². The molecule has 4 aromatic rings. The van der Waals surface area contributed by atoms with E-state index in [2.05, 4.69) is 15.5 Å². The Balaban J connectivity index is 1.68. The van der Waals surface area contributed by atoms with Crippen molar-refractivity contribution in [2.45, 2.75) is 6.92 Å². The maximum absolute atomic E-state index is 12.3. The smallest absolute Gasteiger partial charge is 0.217 e. The van der Waals surface area contributed by atoms with E-state index in [-0.39, 0.29) is 16.2 Å². The number of aryl methyl sites for hydroxylation is 1. The molecule has 1 aromatic heterocycles. The van der Waals surface area contributed by atoms with E-state index in [1.54, 1.807) is 24.3 Å². The standard InChI is InChI=1S/C19H13N3O2S/c1-11-6-8-12(9-7-11)15-10-25-19(20-15)22-21-16-17(23)13-4-2-3-5-14(13)18(16)24/h2-10H,1H3,(H,20,22). The molecule has 0 aliphatic heterocycles. The Bertz CT molecular complexity index is 1170. The van der Waals surface area contributed by atoms with Gasteiger partial charge in [0.15, 0.2) is 5.36 Å². The van der Waals surface area contributed by atoms with Crippen molar-refractivity contribution in [3.63, 3.8) is 0 Å². The summed E-state index contributed by atoms with van der Waals surface area (Å²) < 4.78 is 0. The fourth-order valence-electron chi connectivity index (χ4n) is 2.62. The van der Waals surface area contributed by atoms with Gasteiger partial charge in [-0.15, -0.1) is 11.3 Å². The van der Waals surface area contributed by atoms with E-state index in [0.717, 1.165) is 11.3 Å². The first-order chi connectivity index (χ1) is 12.1.